The van der Waals surface area contributed by atoms with Gasteiger partial charge in [0.1, 0.15) is 6.33 Å². The third-order valence-electron chi connectivity index (χ3n) is 3.16. The van der Waals surface area contributed by atoms with E-state index in [1.54, 1.807) is 6.33 Å². The Kier molecular flexibility index (Phi) is 3.67. The Bertz CT molecular complexity index is 311. The minimum Gasteiger partial charge on any atom is -0.312 e. The minimum atomic E-state index is 0.885. The van der Waals surface area contributed by atoms with Gasteiger partial charge in [0.05, 0.1) is 0 Å². The first-order valence-corrected chi connectivity index (χ1v) is 6.71. The number of aromatic nitrogens is 3. The molecule has 2 rings (SSSR count). The highest BCUT2D eigenvalue weighted by atomic mass is 32.2. The third kappa shape index (κ3) is 2.97. The van der Waals surface area contributed by atoms with Crippen LogP contribution in [0.2, 0.25) is 0 Å². The molecule has 1 fully saturated rings. The minimum absolute atomic E-state index is 0.885. The predicted molar refractivity (Wildman–Crippen MR) is 62.8 cm³/mol. The Hall–Kier alpha value is -0.510. The van der Waals surface area contributed by atoms with Crippen molar-refractivity contribution in [3.63, 3.8) is 0 Å². The average Bonchev–Trinajstić information content (AvgIpc) is 2.61. The Morgan fingerprint density at radius 2 is 2.40 bits per heavy atom. The summed E-state index contributed by atoms with van der Waals surface area (Å²) in [6.45, 7) is 2.37. The second kappa shape index (κ2) is 5.01. The first kappa shape index (κ1) is 11.0. The number of nitrogens with zero attached hydrogens (tertiary/aromatic N) is 3. The van der Waals surface area contributed by atoms with Gasteiger partial charge in [-0.1, -0.05) is 31.5 Å². The first-order chi connectivity index (χ1) is 7.25. The molecule has 3 nitrogen and oxygen atoms in total. The summed E-state index contributed by atoms with van der Waals surface area (Å²) in [7, 11) is 2.01. The van der Waals surface area contributed by atoms with Crippen LogP contribution in [0.5, 0.6) is 0 Å². The molecule has 0 bridgehead atoms. The zero-order chi connectivity index (χ0) is 10.7. The molecule has 1 heterocycles. The maximum Gasteiger partial charge on any atom is 0.190 e. The maximum absolute atomic E-state index is 4.10. The molecule has 1 aromatic heterocycles. The molecule has 1 aromatic rings. The van der Waals surface area contributed by atoms with Crippen LogP contribution in [-0.2, 0) is 7.05 Å². The Morgan fingerprint density at radius 1 is 1.53 bits per heavy atom. The van der Waals surface area contributed by atoms with Crippen molar-refractivity contribution in [1.82, 2.24) is 14.8 Å². The van der Waals surface area contributed by atoms with Crippen molar-refractivity contribution in [3.05, 3.63) is 6.33 Å². The van der Waals surface area contributed by atoms with Gasteiger partial charge in [0.2, 0.25) is 0 Å². The van der Waals surface area contributed by atoms with Crippen LogP contribution in [-0.4, -0.2) is 20.5 Å². The third-order valence-corrected chi connectivity index (χ3v) is 4.43. The molecule has 0 spiro atoms. The summed E-state index contributed by atoms with van der Waals surface area (Å²) < 4.78 is 2.00. The summed E-state index contributed by atoms with van der Waals surface area (Å²) >= 11 is 1.85. The molecular weight excluding hydrogens is 206 g/mol. The number of hydrogen-bond donors (Lipinski definition) is 0. The van der Waals surface area contributed by atoms with Crippen molar-refractivity contribution in [2.24, 2.45) is 18.9 Å². The van der Waals surface area contributed by atoms with Gasteiger partial charge in [0, 0.05) is 12.8 Å². The topological polar surface area (TPSA) is 30.7 Å². The first-order valence-electron chi connectivity index (χ1n) is 5.72. The SMILES string of the molecule is C[C@@H]1CCC[C@H](CSc2nncn2C)C1. The molecule has 0 N–H and O–H groups in total. The summed E-state index contributed by atoms with van der Waals surface area (Å²) in [5.74, 6) is 3.01. The normalized spacial score (nSPS) is 26.8. The lowest BCUT2D eigenvalue weighted by Gasteiger charge is -2.26. The molecule has 2 atom stereocenters. The molecule has 0 radical (unpaired) electrons. The molecule has 84 valence electrons. The van der Waals surface area contributed by atoms with Crippen molar-refractivity contribution in [2.75, 3.05) is 5.75 Å². The van der Waals surface area contributed by atoms with Crippen molar-refractivity contribution >= 4 is 11.8 Å². The highest BCUT2D eigenvalue weighted by molar-refractivity contribution is 7.99. The van der Waals surface area contributed by atoms with Gasteiger partial charge in [-0.15, -0.1) is 10.2 Å². The van der Waals surface area contributed by atoms with Crippen molar-refractivity contribution in [3.8, 4) is 0 Å². The lowest BCUT2D eigenvalue weighted by Crippen LogP contribution is -2.15. The van der Waals surface area contributed by atoms with Gasteiger partial charge in [0.15, 0.2) is 5.16 Å². The monoisotopic (exact) mass is 225 g/mol. The van der Waals surface area contributed by atoms with Gasteiger partial charge in [-0.25, -0.2) is 0 Å². The smallest absolute Gasteiger partial charge is 0.190 e. The molecule has 4 heteroatoms. The van der Waals surface area contributed by atoms with E-state index in [9.17, 15) is 0 Å². The van der Waals surface area contributed by atoms with E-state index in [1.165, 1.54) is 31.4 Å². The van der Waals surface area contributed by atoms with Gasteiger partial charge in [-0.05, 0) is 24.7 Å². The van der Waals surface area contributed by atoms with Gasteiger partial charge in [-0.3, -0.25) is 0 Å². The van der Waals surface area contributed by atoms with Gasteiger partial charge < -0.3 is 4.57 Å². The quantitative estimate of drug-likeness (QED) is 0.741. The highest BCUT2D eigenvalue weighted by Gasteiger charge is 2.19. The molecule has 0 aromatic carbocycles. The molecule has 1 aliphatic rings. The zero-order valence-corrected chi connectivity index (χ0v) is 10.3. The van der Waals surface area contributed by atoms with E-state index >= 15 is 0 Å². The lowest BCUT2D eigenvalue weighted by atomic mass is 9.83. The molecule has 0 saturated heterocycles. The molecule has 1 saturated carbocycles. The molecule has 0 amide bonds. The fourth-order valence-corrected chi connectivity index (χ4v) is 3.35. The fraction of sp³-hybridized carbons (Fsp3) is 0.818. The molecule has 15 heavy (non-hydrogen) atoms. The van der Waals surface area contributed by atoms with Crippen LogP contribution in [0.25, 0.3) is 0 Å². The fourth-order valence-electron chi connectivity index (χ4n) is 2.31. The van der Waals surface area contributed by atoms with Gasteiger partial charge in [0.25, 0.3) is 0 Å². The van der Waals surface area contributed by atoms with E-state index in [1.807, 2.05) is 23.4 Å². The summed E-state index contributed by atoms with van der Waals surface area (Å²) in [6.07, 6.45) is 7.39. The highest BCUT2D eigenvalue weighted by Crippen LogP contribution is 2.32. The van der Waals surface area contributed by atoms with Crippen LogP contribution in [0.4, 0.5) is 0 Å². The van der Waals surface area contributed by atoms with Crippen LogP contribution in [0.15, 0.2) is 11.5 Å². The lowest BCUT2D eigenvalue weighted by molar-refractivity contribution is 0.305. The van der Waals surface area contributed by atoms with E-state index < -0.39 is 0 Å². The summed E-state index contributed by atoms with van der Waals surface area (Å²) in [4.78, 5) is 0. The van der Waals surface area contributed by atoms with Crippen LogP contribution >= 0.6 is 11.8 Å². The number of aryl methyl sites for hydroxylation is 1. The Labute approximate surface area is 95.7 Å². The molecule has 1 aliphatic carbocycles. The van der Waals surface area contributed by atoms with Crippen LogP contribution < -0.4 is 0 Å². The molecule has 0 unspecified atom stereocenters. The van der Waals surface area contributed by atoms with Crippen molar-refractivity contribution < 1.29 is 0 Å². The summed E-state index contributed by atoms with van der Waals surface area (Å²) in [5, 5.41) is 9.04. The van der Waals surface area contributed by atoms with Crippen molar-refractivity contribution in [1.29, 1.82) is 0 Å². The maximum atomic E-state index is 4.10. The zero-order valence-electron chi connectivity index (χ0n) is 9.52. The number of thioether (sulfide) groups is 1. The van der Waals surface area contributed by atoms with Gasteiger partial charge >= 0.3 is 0 Å². The summed E-state index contributed by atoms with van der Waals surface area (Å²) in [6, 6.07) is 0. The number of rotatable bonds is 3. The van der Waals surface area contributed by atoms with Crippen LogP contribution in [0, 0.1) is 11.8 Å². The second-order valence-corrected chi connectivity index (χ2v) is 5.66. The Balaban J connectivity index is 1.80. The summed E-state index contributed by atoms with van der Waals surface area (Å²) in [5.41, 5.74) is 0. The van der Waals surface area contributed by atoms with Crippen LogP contribution in [0.1, 0.15) is 32.6 Å². The second-order valence-electron chi connectivity index (χ2n) is 4.67. The number of hydrogen-bond acceptors (Lipinski definition) is 3. The van der Waals surface area contributed by atoms with E-state index in [-0.39, 0.29) is 0 Å². The molecular formula is C11H19N3S. The van der Waals surface area contributed by atoms with E-state index in [4.69, 9.17) is 0 Å². The average molecular weight is 225 g/mol. The van der Waals surface area contributed by atoms with E-state index in [0.717, 1.165) is 17.0 Å². The largest absolute Gasteiger partial charge is 0.312 e. The standard InChI is InChI=1S/C11H19N3S/c1-9-4-3-5-10(6-9)7-15-11-13-12-8-14(11)2/h8-10H,3-7H2,1-2H3/t9-,10+/m1/s1. The predicted octanol–water partition coefficient (Wildman–Crippen LogP) is 2.73. The van der Waals surface area contributed by atoms with E-state index in [0.29, 0.717) is 0 Å². The van der Waals surface area contributed by atoms with Crippen LogP contribution in [0.3, 0.4) is 0 Å². The Morgan fingerprint density at radius 3 is 3.07 bits per heavy atom. The molecule has 0 aliphatic heterocycles. The van der Waals surface area contributed by atoms with Gasteiger partial charge in [-0.2, -0.15) is 0 Å². The van der Waals surface area contributed by atoms with Crippen molar-refractivity contribution in [2.45, 2.75) is 37.8 Å². The van der Waals surface area contributed by atoms with E-state index in [2.05, 4.69) is 17.1 Å².